The molecule has 0 spiro atoms. The highest BCUT2D eigenvalue weighted by atomic mass is 35.5. The third kappa shape index (κ3) is 4.09. The van der Waals surface area contributed by atoms with E-state index in [0.717, 1.165) is 6.42 Å². The molecule has 2 atom stereocenters. The summed E-state index contributed by atoms with van der Waals surface area (Å²) in [5.74, 6) is 0.115. The molecule has 1 aliphatic rings. The zero-order valence-corrected chi connectivity index (χ0v) is 16.9. The quantitative estimate of drug-likeness (QED) is 0.828. The number of piperidine rings is 1. The van der Waals surface area contributed by atoms with Gasteiger partial charge in [-0.05, 0) is 36.5 Å². The van der Waals surface area contributed by atoms with Crippen LogP contribution in [0, 0.1) is 11.8 Å². The van der Waals surface area contributed by atoms with E-state index in [9.17, 15) is 13.2 Å². The van der Waals surface area contributed by atoms with Gasteiger partial charge in [0.1, 0.15) is 0 Å². The first kappa shape index (κ1) is 19.3. The fourth-order valence-corrected chi connectivity index (χ4v) is 5.67. The van der Waals surface area contributed by atoms with E-state index in [1.807, 2.05) is 13.8 Å². The number of nitrogens with one attached hydrogen (secondary N) is 1. The number of halogens is 1. The third-order valence-corrected chi connectivity index (χ3v) is 7.15. The maximum Gasteiger partial charge on any atom is 0.259 e. The van der Waals surface area contributed by atoms with Gasteiger partial charge in [-0.3, -0.25) is 10.1 Å². The van der Waals surface area contributed by atoms with Crippen molar-refractivity contribution in [2.24, 2.45) is 11.8 Å². The summed E-state index contributed by atoms with van der Waals surface area (Å²) in [6, 6.07) is 4.23. The molecule has 0 aliphatic carbocycles. The van der Waals surface area contributed by atoms with Crippen LogP contribution in [0.2, 0.25) is 5.02 Å². The highest BCUT2D eigenvalue weighted by Crippen LogP contribution is 2.29. The molecule has 2 aromatic rings. The molecule has 26 heavy (non-hydrogen) atoms. The van der Waals surface area contributed by atoms with E-state index in [4.69, 9.17) is 11.6 Å². The summed E-state index contributed by atoms with van der Waals surface area (Å²) in [6.45, 7) is 5.06. The molecule has 1 saturated heterocycles. The Morgan fingerprint density at radius 3 is 2.62 bits per heavy atom. The average Bonchev–Trinajstić information content (AvgIpc) is 3.07. The Morgan fingerprint density at radius 1 is 1.31 bits per heavy atom. The van der Waals surface area contributed by atoms with E-state index in [-0.39, 0.29) is 15.5 Å². The van der Waals surface area contributed by atoms with E-state index in [1.165, 1.54) is 33.8 Å². The van der Waals surface area contributed by atoms with Gasteiger partial charge in [-0.15, -0.1) is 11.3 Å². The van der Waals surface area contributed by atoms with Crippen molar-refractivity contribution in [3.8, 4) is 0 Å². The maximum atomic E-state index is 13.0. The molecule has 140 valence electrons. The van der Waals surface area contributed by atoms with E-state index < -0.39 is 15.9 Å². The number of hydrogen-bond acceptors (Lipinski definition) is 5. The highest BCUT2D eigenvalue weighted by molar-refractivity contribution is 7.89. The number of aromatic nitrogens is 1. The van der Waals surface area contributed by atoms with Gasteiger partial charge in [0.15, 0.2) is 5.13 Å². The molecular weight excluding hydrogens is 394 g/mol. The normalized spacial score (nSPS) is 21.5. The van der Waals surface area contributed by atoms with Gasteiger partial charge in [0.2, 0.25) is 10.0 Å². The smallest absolute Gasteiger partial charge is 0.259 e. The fourth-order valence-electron chi connectivity index (χ4n) is 3.24. The molecule has 2 heterocycles. The minimum atomic E-state index is -3.68. The van der Waals surface area contributed by atoms with Gasteiger partial charge in [-0.1, -0.05) is 25.4 Å². The SMILES string of the molecule is C[C@@H]1C[C@@H](C)CN(S(=O)(=O)c2ccc(Cl)c(C(=O)Nc3nccs3)c2)C1. The summed E-state index contributed by atoms with van der Waals surface area (Å²) in [5, 5.41) is 4.98. The minimum absolute atomic E-state index is 0.0764. The molecule has 0 radical (unpaired) electrons. The van der Waals surface area contributed by atoms with Gasteiger partial charge in [0.25, 0.3) is 5.91 Å². The number of benzene rings is 1. The summed E-state index contributed by atoms with van der Waals surface area (Å²) in [7, 11) is -3.68. The second-order valence-electron chi connectivity index (χ2n) is 6.70. The summed E-state index contributed by atoms with van der Waals surface area (Å²) < 4.78 is 27.5. The number of anilines is 1. The Labute approximate surface area is 162 Å². The van der Waals surface area contributed by atoms with Crippen molar-refractivity contribution in [3.05, 3.63) is 40.4 Å². The molecule has 0 saturated carbocycles. The van der Waals surface area contributed by atoms with E-state index in [0.29, 0.717) is 30.1 Å². The lowest BCUT2D eigenvalue weighted by Gasteiger charge is -2.34. The zero-order chi connectivity index (χ0) is 18.9. The maximum absolute atomic E-state index is 13.0. The zero-order valence-electron chi connectivity index (χ0n) is 14.5. The first-order valence-corrected chi connectivity index (χ1v) is 11.0. The number of sulfonamides is 1. The topological polar surface area (TPSA) is 79.4 Å². The third-order valence-electron chi connectivity index (χ3n) is 4.31. The molecule has 0 unspecified atom stereocenters. The number of carbonyl (C=O) groups is 1. The van der Waals surface area contributed by atoms with Gasteiger partial charge in [0, 0.05) is 24.7 Å². The van der Waals surface area contributed by atoms with E-state index in [1.54, 1.807) is 11.6 Å². The van der Waals surface area contributed by atoms with Crippen LogP contribution in [-0.4, -0.2) is 36.7 Å². The predicted molar refractivity (Wildman–Crippen MR) is 103 cm³/mol. The molecule has 0 bridgehead atoms. The van der Waals surface area contributed by atoms with Crippen molar-refractivity contribution < 1.29 is 13.2 Å². The number of carbonyl (C=O) groups excluding carboxylic acids is 1. The van der Waals surface area contributed by atoms with Crippen LogP contribution in [0.1, 0.15) is 30.6 Å². The lowest BCUT2D eigenvalue weighted by Crippen LogP contribution is -2.42. The van der Waals surface area contributed by atoms with Crippen LogP contribution in [0.3, 0.4) is 0 Å². The van der Waals surface area contributed by atoms with Gasteiger partial charge >= 0.3 is 0 Å². The Kier molecular flexibility index (Phi) is 5.67. The average molecular weight is 414 g/mol. The van der Waals surface area contributed by atoms with Gasteiger partial charge in [-0.2, -0.15) is 4.31 Å². The Hall–Kier alpha value is -1.48. The van der Waals surface area contributed by atoms with Crippen LogP contribution in [-0.2, 0) is 10.0 Å². The molecule has 1 N–H and O–H groups in total. The largest absolute Gasteiger partial charge is 0.298 e. The molecular formula is C17H20ClN3O3S2. The standard InChI is InChI=1S/C17H20ClN3O3S2/c1-11-7-12(2)10-21(9-11)26(23,24)13-3-4-15(18)14(8-13)16(22)20-17-19-5-6-25-17/h3-6,8,11-12H,7,9-10H2,1-2H3,(H,19,20,22)/t11-,12-/m1/s1. The predicted octanol–water partition coefficient (Wildman–Crippen LogP) is 3.72. The molecule has 1 fully saturated rings. The Balaban J connectivity index is 1.89. The lowest BCUT2D eigenvalue weighted by molar-refractivity contribution is 0.102. The molecule has 9 heteroatoms. The molecule has 1 amide bonds. The minimum Gasteiger partial charge on any atom is -0.298 e. The van der Waals surface area contributed by atoms with E-state index in [2.05, 4.69) is 10.3 Å². The van der Waals surface area contributed by atoms with Crippen LogP contribution in [0.25, 0.3) is 0 Å². The van der Waals surface area contributed by atoms with Gasteiger partial charge < -0.3 is 0 Å². The molecule has 1 aromatic heterocycles. The van der Waals surface area contributed by atoms with Gasteiger partial charge in [0.05, 0.1) is 15.5 Å². The second kappa shape index (κ2) is 7.64. The summed E-state index contributed by atoms with van der Waals surface area (Å²) in [4.78, 5) is 16.5. The Bertz CT molecular complexity index is 890. The number of thiazole rings is 1. The molecule has 1 aliphatic heterocycles. The van der Waals surface area contributed by atoms with Crippen LogP contribution < -0.4 is 5.32 Å². The Morgan fingerprint density at radius 2 is 2.00 bits per heavy atom. The van der Waals surface area contributed by atoms with Crippen molar-refractivity contribution in [1.82, 2.24) is 9.29 Å². The molecule has 1 aromatic carbocycles. The number of nitrogens with zero attached hydrogens (tertiary/aromatic N) is 2. The second-order valence-corrected chi connectivity index (χ2v) is 9.94. The first-order valence-electron chi connectivity index (χ1n) is 8.28. The summed E-state index contributed by atoms with van der Waals surface area (Å²) >= 11 is 7.40. The summed E-state index contributed by atoms with van der Waals surface area (Å²) in [5.41, 5.74) is 0.112. The van der Waals surface area contributed by atoms with Crippen LogP contribution in [0.5, 0.6) is 0 Å². The van der Waals surface area contributed by atoms with Crippen molar-refractivity contribution in [2.45, 2.75) is 25.2 Å². The van der Waals surface area contributed by atoms with Crippen LogP contribution in [0.4, 0.5) is 5.13 Å². The lowest BCUT2D eigenvalue weighted by atomic mass is 9.94. The van der Waals surface area contributed by atoms with Crippen molar-refractivity contribution in [1.29, 1.82) is 0 Å². The molecule has 6 nitrogen and oxygen atoms in total. The number of amides is 1. The van der Waals surface area contributed by atoms with Crippen LogP contribution >= 0.6 is 22.9 Å². The monoisotopic (exact) mass is 413 g/mol. The van der Waals surface area contributed by atoms with Gasteiger partial charge in [-0.25, -0.2) is 13.4 Å². The number of hydrogen-bond donors (Lipinski definition) is 1. The number of rotatable bonds is 4. The first-order chi connectivity index (χ1) is 12.3. The fraction of sp³-hybridized carbons (Fsp3) is 0.412. The van der Waals surface area contributed by atoms with Crippen molar-refractivity contribution >= 4 is 44.0 Å². The van der Waals surface area contributed by atoms with Crippen molar-refractivity contribution in [3.63, 3.8) is 0 Å². The van der Waals surface area contributed by atoms with Crippen molar-refractivity contribution in [2.75, 3.05) is 18.4 Å². The van der Waals surface area contributed by atoms with Crippen LogP contribution in [0.15, 0.2) is 34.7 Å². The van der Waals surface area contributed by atoms with E-state index >= 15 is 0 Å². The highest BCUT2D eigenvalue weighted by Gasteiger charge is 2.32. The molecule has 3 rings (SSSR count). The summed E-state index contributed by atoms with van der Waals surface area (Å²) in [6.07, 6.45) is 2.58.